The Balaban J connectivity index is 1.88. The number of hydrogen-bond acceptors (Lipinski definition) is 11. The van der Waals surface area contributed by atoms with Crippen molar-refractivity contribution in [2.45, 2.75) is 49.1 Å². The van der Waals surface area contributed by atoms with Crippen molar-refractivity contribution >= 4 is 5.82 Å². The first kappa shape index (κ1) is 19.1. The Kier molecular flexibility index (Phi) is 5.28. The first-order chi connectivity index (χ1) is 12.3. The molecule has 2 saturated heterocycles. The van der Waals surface area contributed by atoms with Crippen LogP contribution in [0.4, 0.5) is 5.82 Å². The smallest absolute Gasteiger partial charge is 0.351 e. The van der Waals surface area contributed by atoms with Gasteiger partial charge in [0.2, 0.25) is 0 Å². The van der Waals surface area contributed by atoms with Crippen LogP contribution in [-0.4, -0.2) is 84.8 Å². The average molecular weight is 375 g/mol. The fraction of sp³-hybridized carbons (Fsp3) is 0.714. The molecule has 1 aromatic heterocycles. The van der Waals surface area contributed by atoms with Crippen LogP contribution >= 0.6 is 0 Å². The van der Waals surface area contributed by atoms with Gasteiger partial charge in [0.1, 0.15) is 30.2 Å². The highest BCUT2D eigenvalue weighted by atomic mass is 16.8. The van der Waals surface area contributed by atoms with Crippen molar-refractivity contribution in [2.24, 2.45) is 0 Å². The molecule has 2 aliphatic heterocycles. The number of aliphatic hydroxyl groups excluding tert-OH is 4. The molecule has 2 fully saturated rings. The second-order valence-electron chi connectivity index (χ2n) is 6.19. The number of aromatic nitrogens is 2. The Morgan fingerprint density at radius 1 is 1.35 bits per heavy atom. The molecule has 0 saturated carbocycles. The van der Waals surface area contributed by atoms with E-state index in [0.717, 1.165) is 4.57 Å². The van der Waals surface area contributed by atoms with E-state index in [9.17, 15) is 25.2 Å². The van der Waals surface area contributed by atoms with Crippen LogP contribution < -0.4 is 11.4 Å². The first-order valence-electron chi connectivity index (χ1n) is 7.94. The van der Waals surface area contributed by atoms with Crippen LogP contribution in [-0.2, 0) is 14.2 Å². The molecule has 0 bridgehead atoms. The summed E-state index contributed by atoms with van der Waals surface area (Å²) < 4.78 is 17.0. The van der Waals surface area contributed by atoms with E-state index in [0.29, 0.717) is 0 Å². The number of nitrogen functional groups attached to an aromatic ring is 1. The van der Waals surface area contributed by atoms with Gasteiger partial charge in [0.25, 0.3) is 5.97 Å². The minimum absolute atomic E-state index is 0.0207. The number of hydrogen-bond donors (Lipinski definition) is 6. The van der Waals surface area contributed by atoms with Gasteiger partial charge in [-0.2, -0.15) is 4.98 Å². The third-order valence-electron chi connectivity index (χ3n) is 4.35. The van der Waals surface area contributed by atoms with Gasteiger partial charge in [0.15, 0.2) is 6.23 Å². The zero-order chi connectivity index (χ0) is 19.1. The lowest BCUT2D eigenvalue weighted by Crippen LogP contribution is -2.45. The predicted molar refractivity (Wildman–Crippen MR) is 82.3 cm³/mol. The van der Waals surface area contributed by atoms with Gasteiger partial charge in [0, 0.05) is 6.20 Å². The summed E-state index contributed by atoms with van der Waals surface area (Å²) in [4.78, 5) is 15.6. The molecule has 3 rings (SSSR count). The fourth-order valence-corrected chi connectivity index (χ4v) is 3.05. The second-order valence-corrected chi connectivity index (χ2v) is 6.19. The van der Waals surface area contributed by atoms with Crippen molar-refractivity contribution in [1.82, 2.24) is 9.55 Å². The number of rotatable bonds is 5. The van der Waals surface area contributed by atoms with Crippen LogP contribution in [0.2, 0.25) is 0 Å². The molecule has 2 aliphatic rings. The second kappa shape index (κ2) is 7.17. The van der Waals surface area contributed by atoms with Crippen molar-refractivity contribution < 1.29 is 39.7 Å². The van der Waals surface area contributed by atoms with E-state index in [4.69, 9.17) is 25.1 Å². The Morgan fingerprint density at radius 3 is 2.62 bits per heavy atom. The van der Waals surface area contributed by atoms with E-state index in [1.165, 1.54) is 12.3 Å². The van der Waals surface area contributed by atoms with Crippen LogP contribution in [0.15, 0.2) is 17.1 Å². The quantitative estimate of drug-likeness (QED) is 0.277. The molecule has 7 atom stereocenters. The molecule has 3 heterocycles. The molecule has 2 unspecified atom stereocenters. The highest BCUT2D eigenvalue weighted by molar-refractivity contribution is 5.23. The third-order valence-corrected chi connectivity index (χ3v) is 4.35. The molecular weight excluding hydrogens is 354 g/mol. The van der Waals surface area contributed by atoms with E-state index in [1.54, 1.807) is 0 Å². The molecule has 0 spiro atoms. The lowest BCUT2D eigenvalue weighted by atomic mass is 10.1. The molecule has 26 heavy (non-hydrogen) atoms. The van der Waals surface area contributed by atoms with Gasteiger partial charge in [-0.15, -0.1) is 0 Å². The SMILES string of the molecule is Nc1ccn([C@H]2O[C@@H](CO)C(O)C2O[C@@]2(O)C[C@@H](O)[C@H](CO)O2)c(=O)n1. The normalized spacial score (nSPS) is 40.2. The maximum atomic E-state index is 12.1. The zero-order valence-electron chi connectivity index (χ0n) is 13.6. The molecule has 12 heteroatoms. The maximum absolute atomic E-state index is 12.1. The molecule has 12 nitrogen and oxygen atoms in total. The van der Waals surface area contributed by atoms with E-state index < -0.39 is 68.0 Å². The van der Waals surface area contributed by atoms with Crippen molar-refractivity contribution in [2.75, 3.05) is 18.9 Å². The maximum Gasteiger partial charge on any atom is 0.351 e. The van der Waals surface area contributed by atoms with Gasteiger partial charge >= 0.3 is 5.69 Å². The molecule has 1 aromatic rings. The van der Waals surface area contributed by atoms with Gasteiger partial charge in [-0.3, -0.25) is 4.57 Å². The minimum Gasteiger partial charge on any atom is -0.394 e. The average Bonchev–Trinajstić information content (AvgIpc) is 3.04. The summed E-state index contributed by atoms with van der Waals surface area (Å²) >= 11 is 0. The molecule has 0 aromatic carbocycles. The van der Waals surface area contributed by atoms with Gasteiger partial charge < -0.3 is 45.5 Å². The lowest BCUT2D eigenvalue weighted by Gasteiger charge is -2.30. The highest BCUT2D eigenvalue weighted by Crippen LogP contribution is 2.37. The largest absolute Gasteiger partial charge is 0.394 e. The lowest BCUT2D eigenvalue weighted by molar-refractivity contribution is -0.376. The number of anilines is 1. The van der Waals surface area contributed by atoms with Crippen LogP contribution in [0, 0.1) is 0 Å². The summed E-state index contributed by atoms with van der Waals surface area (Å²) in [5.74, 6) is -2.34. The summed E-state index contributed by atoms with van der Waals surface area (Å²) in [6, 6.07) is 1.33. The zero-order valence-corrected chi connectivity index (χ0v) is 13.6. The number of aliphatic hydroxyl groups is 5. The first-order valence-corrected chi connectivity index (χ1v) is 7.94. The monoisotopic (exact) mass is 375 g/mol. The van der Waals surface area contributed by atoms with Crippen molar-refractivity contribution in [3.8, 4) is 0 Å². The number of ether oxygens (including phenoxy) is 3. The Hall–Kier alpha value is -1.64. The number of nitrogens with zero attached hydrogens (tertiary/aromatic N) is 2. The Bertz CT molecular complexity index is 700. The third kappa shape index (κ3) is 3.45. The van der Waals surface area contributed by atoms with Gasteiger partial charge in [-0.25, -0.2) is 4.79 Å². The summed E-state index contributed by atoms with van der Waals surface area (Å²) in [6.45, 7) is -1.13. The van der Waals surface area contributed by atoms with E-state index >= 15 is 0 Å². The molecule has 7 N–H and O–H groups in total. The van der Waals surface area contributed by atoms with Gasteiger partial charge in [-0.1, -0.05) is 0 Å². The molecular formula is C14H21N3O9. The topological polar surface area (TPSA) is 190 Å². The fourth-order valence-electron chi connectivity index (χ4n) is 3.05. The Morgan fingerprint density at radius 2 is 2.04 bits per heavy atom. The molecule has 0 aliphatic carbocycles. The summed E-state index contributed by atoms with van der Waals surface area (Å²) in [5, 5.41) is 49.0. The van der Waals surface area contributed by atoms with Gasteiger partial charge in [0.05, 0.1) is 25.7 Å². The Labute approximate surface area is 147 Å². The van der Waals surface area contributed by atoms with Crippen LogP contribution in [0.1, 0.15) is 12.6 Å². The summed E-state index contributed by atoms with van der Waals surface area (Å²) in [6.07, 6.45) is -6.52. The highest BCUT2D eigenvalue weighted by Gasteiger charge is 2.53. The summed E-state index contributed by atoms with van der Waals surface area (Å²) in [7, 11) is 0. The van der Waals surface area contributed by atoms with Crippen molar-refractivity contribution in [3.63, 3.8) is 0 Å². The number of nitrogens with two attached hydrogens (primary N) is 1. The van der Waals surface area contributed by atoms with E-state index in [2.05, 4.69) is 4.98 Å². The van der Waals surface area contributed by atoms with Crippen LogP contribution in [0.5, 0.6) is 0 Å². The standard InChI is InChI=1S/C14H21N3O9/c15-9-1-2-17(13(22)16-9)12-11(10(21)8(5-19)24-12)26-14(23)3-6(20)7(4-18)25-14/h1-2,6-8,10-12,18-21,23H,3-5H2,(H2,15,16,22)/t6-,7+,8+,10?,11?,12+,14-/m1/s1. The van der Waals surface area contributed by atoms with Crippen LogP contribution in [0.3, 0.4) is 0 Å². The van der Waals surface area contributed by atoms with Crippen molar-refractivity contribution in [3.05, 3.63) is 22.7 Å². The van der Waals surface area contributed by atoms with Gasteiger partial charge in [-0.05, 0) is 6.07 Å². The molecule has 146 valence electrons. The van der Waals surface area contributed by atoms with E-state index in [1.807, 2.05) is 0 Å². The molecule has 0 radical (unpaired) electrons. The van der Waals surface area contributed by atoms with Crippen LogP contribution in [0.25, 0.3) is 0 Å². The van der Waals surface area contributed by atoms with E-state index in [-0.39, 0.29) is 5.82 Å². The van der Waals surface area contributed by atoms with Crippen molar-refractivity contribution in [1.29, 1.82) is 0 Å². The predicted octanol–water partition coefficient (Wildman–Crippen LogP) is -3.75. The molecule has 0 amide bonds. The minimum atomic E-state index is -2.32. The summed E-state index contributed by atoms with van der Waals surface area (Å²) in [5.41, 5.74) is 4.65.